The molecule has 0 radical (unpaired) electrons. The molecule has 0 fully saturated rings. The molecule has 3 heterocycles. The molecule has 1 N–H and O–H groups in total. The average Bonchev–Trinajstić information content (AvgIpc) is 3.02. The topological polar surface area (TPSA) is 67.6 Å². The molecular formula is C22H24FN3O3. The molecule has 0 spiro atoms. The fourth-order valence-electron chi connectivity index (χ4n) is 4.09. The Morgan fingerprint density at radius 2 is 2.14 bits per heavy atom. The zero-order valence-electron chi connectivity index (χ0n) is 16.3. The number of fused-ring (bicyclic) bond motifs is 3. The zero-order valence-corrected chi connectivity index (χ0v) is 16.3. The molecule has 0 saturated carbocycles. The number of aromatic nitrogens is 2. The van der Waals surface area contributed by atoms with Crippen molar-refractivity contribution in [1.82, 2.24) is 14.6 Å². The summed E-state index contributed by atoms with van der Waals surface area (Å²) < 4.78 is 15.1. The summed E-state index contributed by atoms with van der Waals surface area (Å²) in [6.07, 6.45) is 4.14. The van der Waals surface area contributed by atoms with Gasteiger partial charge >= 0.3 is 5.97 Å². The highest BCUT2D eigenvalue weighted by atomic mass is 19.1. The third kappa shape index (κ3) is 4.16. The Labute approximate surface area is 168 Å². The van der Waals surface area contributed by atoms with E-state index < -0.39 is 5.97 Å². The molecular weight excluding hydrogens is 373 g/mol. The first-order valence-electron chi connectivity index (χ1n) is 9.80. The van der Waals surface area contributed by atoms with Gasteiger partial charge in [0.1, 0.15) is 11.5 Å². The maximum absolute atomic E-state index is 13.0. The molecule has 1 atom stereocenters. The van der Waals surface area contributed by atoms with Gasteiger partial charge in [-0.1, -0.05) is 12.1 Å². The lowest BCUT2D eigenvalue weighted by Crippen LogP contribution is -2.39. The number of nitrogens with zero attached hydrogens (tertiary/aromatic N) is 3. The standard InChI is InChI=1S/C22H24FN3O3/c1-25(29-12-10-15-4-6-16(23)7-5-15)17-8-9-20-19(13-21(27)28)18-3-2-11-24-22(18)26(20)14-17/h2-7,11,17H,8-10,12-14H2,1H3,(H,27,28). The number of benzene rings is 1. The first-order valence-corrected chi connectivity index (χ1v) is 9.80. The van der Waals surface area contributed by atoms with E-state index in [0.29, 0.717) is 19.6 Å². The maximum atomic E-state index is 13.0. The summed E-state index contributed by atoms with van der Waals surface area (Å²) in [6, 6.07) is 10.4. The number of hydrogen-bond acceptors (Lipinski definition) is 4. The Hall–Kier alpha value is -2.77. The number of carboxylic acid groups (broad SMARTS) is 1. The molecule has 0 bridgehead atoms. The zero-order chi connectivity index (χ0) is 20.4. The second-order valence-electron chi connectivity index (χ2n) is 7.43. The average molecular weight is 397 g/mol. The summed E-state index contributed by atoms with van der Waals surface area (Å²) in [5.41, 5.74) is 3.81. The van der Waals surface area contributed by atoms with Crippen LogP contribution >= 0.6 is 0 Å². The lowest BCUT2D eigenvalue weighted by Gasteiger charge is -2.32. The molecule has 1 unspecified atom stereocenters. The van der Waals surface area contributed by atoms with Crippen molar-refractivity contribution in [1.29, 1.82) is 0 Å². The van der Waals surface area contributed by atoms with Gasteiger partial charge in [0.05, 0.1) is 19.1 Å². The van der Waals surface area contributed by atoms with Gasteiger partial charge in [-0.2, -0.15) is 5.06 Å². The molecule has 0 aliphatic carbocycles. The second kappa shape index (κ2) is 8.31. The predicted octanol–water partition coefficient (Wildman–Crippen LogP) is 3.22. The first kappa shape index (κ1) is 19.5. The summed E-state index contributed by atoms with van der Waals surface area (Å²) in [7, 11) is 1.93. The van der Waals surface area contributed by atoms with Crippen LogP contribution in [0.5, 0.6) is 0 Å². The first-order chi connectivity index (χ1) is 14.0. The van der Waals surface area contributed by atoms with E-state index in [1.807, 2.05) is 24.2 Å². The van der Waals surface area contributed by atoms with E-state index in [2.05, 4.69) is 9.55 Å². The Balaban J connectivity index is 1.45. The molecule has 3 aromatic rings. The Bertz CT molecular complexity index is 1020. The second-order valence-corrected chi connectivity index (χ2v) is 7.43. The van der Waals surface area contributed by atoms with Crippen molar-refractivity contribution in [2.75, 3.05) is 13.7 Å². The molecule has 2 aromatic heterocycles. The molecule has 6 nitrogen and oxygen atoms in total. The molecule has 0 saturated heterocycles. The summed E-state index contributed by atoms with van der Waals surface area (Å²) in [6.45, 7) is 1.22. The highest BCUT2D eigenvalue weighted by molar-refractivity contribution is 5.86. The minimum absolute atomic E-state index is 0.0131. The van der Waals surface area contributed by atoms with Gasteiger partial charge in [0, 0.05) is 30.9 Å². The van der Waals surface area contributed by atoms with E-state index in [9.17, 15) is 14.3 Å². The monoisotopic (exact) mass is 397 g/mol. The lowest BCUT2D eigenvalue weighted by molar-refractivity contribution is -0.172. The van der Waals surface area contributed by atoms with Crippen LogP contribution in [0.2, 0.25) is 0 Å². The van der Waals surface area contributed by atoms with E-state index in [4.69, 9.17) is 4.84 Å². The van der Waals surface area contributed by atoms with Crippen LogP contribution in [0, 0.1) is 5.82 Å². The van der Waals surface area contributed by atoms with E-state index in [0.717, 1.165) is 40.7 Å². The van der Waals surface area contributed by atoms with Crippen LogP contribution in [0.15, 0.2) is 42.6 Å². The predicted molar refractivity (Wildman–Crippen MR) is 107 cm³/mol. The number of hydroxylamine groups is 2. The minimum Gasteiger partial charge on any atom is -0.481 e. The van der Waals surface area contributed by atoms with Crippen LogP contribution in [0.25, 0.3) is 11.0 Å². The number of halogens is 1. The van der Waals surface area contributed by atoms with E-state index >= 15 is 0 Å². The number of aliphatic carboxylic acids is 1. The highest BCUT2D eigenvalue weighted by Crippen LogP contribution is 2.31. The molecule has 1 aromatic carbocycles. The van der Waals surface area contributed by atoms with Crippen LogP contribution in [0.4, 0.5) is 4.39 Å². The SMILES string of the molecule is CN(OCCc1ccc(F)cc1)C1CCc2c(CC(=O)O)c3cccnc3n2C1. The third-order valence-corrected chi connectivity index (χ3v) is 5.59. The van der Waals surface area contributed by atoms with Gasteiger partial charge in [0.25, 0.3) is 0 Å². The molecule has 1 aliphatic rings. The minimum atomic E-state index is -0.826. The molecule has 29 heavy (non-hydrogen) atoms. The molecule has 0 amide bonds. The molecule has 152 valence electrons. The van der Waals surface area contributed by atoms with Gasteiger partial charge in [-0.25, -0.2) is 9.37 Å². The van der Waals surface area contributed by atoms with Crippen LogP contribution in [0.3, 0.4) is 0 Å². The fraction of sp³-hybridized carbons (Fsp3) is 0.364. The Morgan fingerprint density at radius 1 is 1.34 bits per heavy atom. The van der Waals surface area contributed by atoms with Crippen LogP contribution in [-0.2, 0) is 35.4 Å². The summed E-state index contributed by atoms with van der Waals surface area (Å²) >= 11 is 0. The number of hydrogen-bond donors (Lipinski definition) is 1. The number of rotatable bonds is 7. The van der Waals surface area contributed by atoms with E-state index in [1.165, 1.54) is 12.1 Å². The number of likely N-dealkylation sites (N-methyl/N-ethyl adjacent to an activating group) is 1. The van der Waals surface area contributed by atoms with Gasteiger partial charge in [0.15, 0.2) is 0 Å². The van der Waals surface area contributed by atoms with Crippen LogP contribution < -0.4 is 0 Å². The van der Waals surface area contributed by atoms with Crippen molar-refractivity contribution in [2.24, 2.45) is 0 Å². The number of pyridine rings is 1. The van der Waals surface area contributed by atoms with Crippen molar-refractivity contribution in [3.63, 3.8) is 0 Å². The number of carbonyl (C=O) groups is 1. The van der Waals surface area contributed by atoms with Gasteiger partial charge in [-0.05, 0) is 54.7 Å². The fourth-order valence-corrected chi connectivity index (χ4v) is 4.09. The van der Waals surface area contributed by atoms with Gasteiger partial charge in [0.2, 0.25) is 0 Å². The smallest absolute Gasteiger partial charge is 0.307 e. The third-order valence-electron chi connectivity index (χ3n) is 5.59. The van der Waals surface area contributed by atoms with Gasteiger partial charge < -0.3 is 9.67 Å². The van der Waals surface area contributed by atoms with Crippen molar-refractivity contribution in [3.05, 3.63) is 65.2 Å². The number of carboxylic acids is 1. The summed E-state index contributed by atoms with van der Waals surface area (Å²) in [5, 5.41) is 12.1. The van der Waals surface area contributed by atoms with E-state index in [-0.39, 0.29) is 18.3 Å². The van der Waals surface area contributed by atoms with Crippen molar-refractivity contribution < 1.29 is 19.1 Å². The summed E-state index contributed by atoms with van der Waals surface area (Å²) in [5.74, 6) is -1.06. The summed E-state index contributed by atoms with van der Waals surface area (Å²) in [4.78, 5) is 21.8. The Morgan fingerprint density at radius 3 is 2.90 bits per heavy atom. The normalized spacial score (nSPS) is 16.3. The quantitative estimate of drug-likeness (QED) is 0.620. The van der Waals surface area contributed by atoms with Crippen LogP contribution in [0.1, 0.15) is 23.2 Å². The lowest BCUT2D eigenvalue weighted by atomic mass is 10.0. The van der Waals surface area contributed by atoms with Crippen molar-refractivity contribution >= 4 is 17.0 Å². The maximum Gasteiger partial charge on any atom is 0.307 e. The largest absolute Gasteiger partial charge is 0.481 e. The Kier molecular flexibility index (Phi) is 5.60. The molecule has 4 rings (SSSR count). The van der Waals surface area contributed by atoms with Gasteiger partial charge in [-0.15, -0.1) is 0 Å². The molecule has 7 heteroatoms. The van der Waals surface area contributed by atoms with Crippen molar-refractivity contribution in [3.8, 4) is 0 Å². The van der Waals surface area contributed by atoms with Crippen molar-refractivity contribution in [2.45, 2.75) is 38.3 Å². The molecule has 1 aliphatic heterocycles. The van der Waals surface area contributed by atoms with Gasteiger partial charge in [-0.3, -0.25) is 9.63 Å². The van der Waals surface area contributed by atoms with E-state index in [1.54, 1.807) is 18.3 Å². The highest BCUT2D eigenvalue weighted by Gasteiger charge is 2.28. The van der Waals surface area contributed by atoms with Crippen LogP contribution in [-0.4, -0.2) is 45.4 Å².